The lowest BCUT2D eigenvalue weighted by Crippen LogP contribution is -2.38. The number of carbonyl (C=O) groups is 2. The molecule has 1 aromatic carbocycles. The molecule has 122 valence electrons. The number of benzene rings is 1. The van der Waals surface area contributed by atoms with E-state index in [2.05, 4.69) is 10.6 Å². The summed E-state index contributed by atoms with van der Waals surface area (Å²) in [6.45, 7) is 6.80. The molecular formula is C17H26N2O3. The lowest BCUT2D eigenvalue weighted by atomic mass is 10.0. The molecule has 0 heterocycles. The van der Waals surface area contributed by atoms with E-state index < -0.39 is 0 Å². The summed E-state index contributed by atoms with van der Waals surface area (Å²) in [5.41, 5.74) is 1.14. The van der Waals surface area contributed by atoms with Gasteiger partial charge in [0, 0.05) is 19.0 Å². The van der Waals surface area contributed by atoms with Crippen LogP contribution in [0.3, 0.4) is 0 Å². The second-order valence-corrected chi connectivity index (χ2v) is 5.26. The Hall–Kier alpha value is -2.04. The van der Waals surface area contributed by atoms with E-state index in [0.717, 1.165) is 18.4 Å². The standard InChI is InChI=1S/C17H26N2O3/c1-4-14(5-2)17(21)19-11-10-18-16(20)12-22-15-8-6-13(3)7-9-15/h6-9,14H,4-5,10-12H2,1-3H3,(H,18,20)(H,19,21). The van der Waals surface area contributed by atoms with Gasteiger partial charge < -0.3 is 15.4 Å². The van der Waals surface area contributed by atoms with Gasteiger partial charge in [0.2, 0.25) is 5.91 Å². The summed E-state index contributed by atoms with van der Waals surface area (Å²) in [4.78, 5) is 23.4. The van der Waals surface area contributed by atoms with Crippen LogP contribution in [-0.2, 0) is 9.59 Å². The quantitative estimate of drug-likeness (QED) is 0.686. The Morgan fingerprint density at radius 3 is 2.23 bits per heavy atom. The zero-order chi connectivity index (χ0) is 16.4. The van der Waals surface area contributed by atoms with Crippen molar-refractivity contribution in [2.24, 2.45) is 5.92 Å². The highest BCUT2D eigenvalue weighted by atomic mass is 16.5. The van der Waals surface area contributed by atoms with Crippen LogP contribution in [0.15, 0.2) is 24.3 Å². The van der Waals surface area contributed by atoms with E-state index in [0.29, 0.717) is 18.8 Å². The third kappa shape index (κ3) is 6.61. The van der Waals surface area contributed by atoms with Gasteiger partial charge in [-0.05, 0) is 31.9 Å². The van der Waals surface area contributed by atoms with Crippen LogP contribution in [0.1, 0.15) is 32.3 Å². The van der Waals surface area contributed by atoms with E-state index in [4.69, 9.17) is 4.74 Å². The minimum Gasteiger partial charge on any atom is -0.484 e. The molecule has 0 aliphatic rings. The number of hydrogen-bond acceptors (Lipinski definition) is 3. The molecule has 0 radical (unpaired) electrons. The van der Waals surface area contributed by atoms with E-state index >= 15 is 0 Å². The molecule has 2 amide bonds. The first kappa shape index (κ1) is 18.0. The molecule has 0 fully saturated rings. The molecule has 1 aromatic rings. The van der Waals surface area contributed by atoms with Crippen LogP contribution < -0.4 is 15.4 Å². The van der Waals surface area contributed by atoms with Crippen molar-refractivity contribution in [1.29, 1.82) is 0 Å². The monoisotopic (exact) mass is 306 g/mol. The highest BCUT2D eigenvalue weighted by molar-refractivity contribution is 5.79. The van der Waals surface area contributed by atoms with Crippen LogP contribution in [-0.4, -0.2) is 31.5 Å². The van der Waals surface area contributed by atoms with Crippen molar-refractivity contribution in [2.75, 3.05) is 19.7 Å². The minimum atomic E-state index is -0.197. The summed E-state index contributed by atoms with van der Waals surface area (Å²) in [5.74, 6) is 0.580. The van der Waals surface area contributed by atoms with Crippen LogP contribution >= 0.6 is 0 Å². The Labute approximate surface area is 132 Å². The van der Waals surface area contributed by atoms with E-state index in [1.54, 1.807) is 0 Å². The Kier molecular flexibility index (Phi) is 8.04. The lowest BCUT2D eigenvalue weighted by Gasteiger charge is -2.13. The molecule has 0 bridgehead atoms. The molecule has 5 heteroatoms. The first-order chi connectivity index (χ1) is 10.6. The summed E-state index contributed by atoms with van der Waals surface area (Å²) < 4.78 is 5.37. The first-order valence-electron chi connectivity index (χ1n) is 7.80. The first-order valence-corrected chi connectivity index (χ1v) is 7.80. The molecular weight excluding hydrogens is 280 g/mol. The van der Waals surface area contributed by atoms with Crippen molar-refractivity contribution in [2.45, 2.75) is 33.6 Å². The van der Waals surface area contributed by atoms with Crippen LogP contribution in [0.4, 0.5) is 0 Å². The molecule has 0 aliphatic carbocycles. The van der Waals surface area contributed by atoms with Crippen molar-refractivity contribution in [1.82, 2.24) is 10.6 Å². The van der Waals surface area contributed by atoms with E-state index in [9.17, 15) is 9.59 Å². The van der Waals surface area contributed by atoms with Gasteiger partial charge in [-0.15, -0.1) is 0 Å². The van der Waals surface area contributed by atoms with Gasteiger partial charge in [-0.3, -0.25) is 9.59 Å². The van der Waals surface area contributed by atoms with Crippen LogP contribution in [0.5, 0.6) is 5.75 Å². The normalized spacial score (nSPS) is 10.4. The van der Waals surface area contributed by atoms with Gasteiger partial charge in [0.1, 0.15) is 5.75 Å². The van der Waals surface area contributed by atoms with E-state index in [1.807, 2.05) is 45.0 Å². The molecule has 0 aromatic heterocycles. The number of rotatable bonds is 9. The summed E-state index contributed by atoms with van der Waals surface area (Å²) in [6, 6.07) is 7.53. The number of nitrogens with one attached hydrogen (secondary N) is 2. The van der Waals surface area contributed by atoms with Gasteiger partial charge in [-0.2, -0.15) is 0 Å². The summed E-state index contributed by atoms with van der Waals surface area (Å²) in [7, 11) is 0. The Balaban J connectivity index is 2.16. The van der Waals surface area contributed by atoms with Gasteiger partial charge in [0.25, 0.3) is 5.91 Å². The van der Waals surface area contributed by atoms with Crippen molar-refractivity contribution in [3.8, 4) is 5.75 Å². The number of amides is 2. The maximum atomic E-state index is 11.7. The molecule has 0 saturated carbocycles. The van der Waals surface area contributed by atoms with Gasteiger partial charge >= 0.3 is 0 Å². The predicted molar refractivity (Wildman–Crippen MR) is 86.8 cm³/mol. The third-order valence-electron chi connectivity index (χ3n) is 3.49. The fraction of sp³-hybridized carbons (Fsp3) is 0.529. The van der Waals surface area contributed by atoms with Gasteiger partial charge in [0.15, 0.2) is 6.61 Å². The molecule has 2 N–H and O–H groups in total. The summed E-state index contributed by atoms with van der Waals surface area (Å²) >= 11 is 0. The fourth-order valence-electron chi connectivity index (χ4n) is 2.03. The number of carbonyl (C=O) groups excluding carboxylic acids is 2. The summed E-state index contributed by atoms with van der Waals surface area (Å²) in [6.07, 6.45) is 1.66. The molecule has 0 spiro atoms. The predicted octanol–water partition coefficient (Wildman–Crippen LogP) is 2.04. The largest absolute Gasteiger partial charge is 0.484 e. The Bertz CT molecular complexity index is 467. The van der Waals surface area contributed by atoms with Gasteiger partial charge in [-0.1, -0.05) is 31.5 Å². The Morgan fingerprint density at radius 1 is 1.05 bits per heavy atom. The van der Waals surface area contributed by atoms with Gasteiger partial charge in [0.05, 0.1) is 0 Å². The topological polar surface area (TPSA) is 67.4 Å². The maximum Gasteiger partial charge on any atom is 0.258 e. The zero-order valence-corrected chi connectivity index (χ0v) is 13.6. The van der Waals surface area contributed by atoms with Crippen molar-refractivity contribution < 1.29 is 14.3 Å². The Morgan fingerprint density at radius 2 is 1.64 bits per heavy atom. The smallest absolute Gasteiger partial charge is 0.258 e. The molecule has 5 nitrogen and oxygen atoms in total. The summed E-state index contributed by atoms with van der Waals surface area (Å²) in [5, 5.41) is 5.54. The van der Waals surface area contributed by atoms with E-state index in [1.165, 1.54) is 0 Å². The second-order valence-electron chi connectivity index (χ2n) is 5.26. The molecule has 0 atom stereocenters. The zero-order valence-electron chi connectivity index (χ0n) is 13.6. The fourth-order valence-corrected chi connectivity index (χ4v) is 2.03. The SMILES string of the molecule is CCC(CC)C(=O)NCCNC(=O)COc1ccc(C)cc1. The highest BCUT2D eigenvalue weighted by Gasteiger charge is 2.12. The number of ether oxygens (including phenoxy) is 1. The molecule has 0 aliphatic heterocycles. The highest BCUT2D eigenvalue weighted by Crippen LogP contribution is 2.10. The van der Waals surface area contributed by atoms with Crippen LogP contribution in [0.25, 0.3) is 0 Å². The number of hydrogen-bond donors (Lipinski definition) is 2. The number of aryl methyl sites for hydroxylation is 1. The lowest BCUT2D eigenvalue weighted by molar-refractivity contribution is -0.126. The maximum absolute atomic E-state index is 11.7. The molecule has 0 unspecified atom stereocenters. The average molecular weight is 306 g/mol. The third-order valence-corrected chi connectivity index (χ3v) is 3.49. The van der Waals surface area contributed by atoms with Crippen LogP contribution in [0, 0.1) is 12.8 Å². The minimum absolute atomic E-state index is 0.0243. The molecule has 22 heavy (non-hydrogen) atoms. The van der Waals surface area contributed by atoms with E-state index in [-0.39, 0.29) is 24.3 Å². The van der Waals surface area contributed by atoms with Crippen molar-refractivity contribution in [3.63, 3.8) is 0 Å². The van der Waals surface area contributed by atoms with Gasteiger partial charge in [-0.25, -0.2) is 0 Å². The van der Waals surface area contributed by atoms with Crippen LogP contribution in [0.2, 0.25) is 0 Å². The average Bonchev–Trinajstić information content (AvgIpc) is 2.52. The van der Waals surface area contributed by atoms with Crippen molar-refractivity contribution >= 4 is 11.8 Å². The molecule has 1 rings (SSSR count). The van der Waals surface area contributed by atoms with Crippen molar-refractivity contribution in [3.05, 3.63) is 29.8 Å². The second kappa shape index (κ2) is 9.82. The molecule has 0 saturated heterocycles.